The zero-order chi connectivity index (χ0) is 22.1. The van der Waals surface area contributed by atoms with E-state index < -0.39 is 0 Å². The Bertz CT molecular complexity index is 1050. The smallest absolute Gasteiger partial charge is 0.302 e. The molecule has 162 valence electrons. The summed E-state index contributed by atoms with van der Waals surface area (Å²) in [6.45, 7) is 3.61. The van der Waals surface area contributed by atoms with Gasteiger partial charge in [0.15, 0.2) is 5.78 Å². The van der Waals surface area contributed by atoms with Gasteiger partial charge < -0.3 is 14.2 Å². The second-order valence-electron chi connectivity index (χ2n) is 7.85. The van der Waals surface area contributed by atoms with Crippen molar-refractivity contribution in [3.8, 4) is 11.5 Å². The van der Waals surface area contributed by atoms with E-state index in [-0.39, 0.29) is 34.8 Å². The SMILES string of the molecule is COc1cccc2c1C(=O)c1c(OC)cc(CN3CCC(OC(C)=O)CC3)cc1C2=O. The quantitative estimate of drug-likeness (QED) is 0.584. The van der Waals surface area contributed by atoms with E-state index in [2.05, 4.69) is 4.90 Å². The number of hydrogen-bond donors (Lipinski definition) is 0. The summed E-state index contributed by atoms with van der Waals surface area (Å²) in [5.74, 6) is 0.0308. The minimum Gasteiger partial charge on any atom is -0.496 e. The van der Waals surface area contributed by atoms with E-state index in [0.717, 1.165) is 31.5 Å². The Morgan fingerprint density at radius 3 is 2.29 bits per heavy atom. The maximum Gasteiger partial charge on any atom is 0.302 e. The van der Waals surface area contributed by atoms with Crippen molar-refractivity contribution < 1.29 is 28.6 Å². The molecular formula is C24H25NO6. The molecule has 0 atom stereocenters. The molecule has 31 heavy (non-hydrogen) atoms. The van der Waals surface area contributed by atoms with Crippen molar-refractivity contribution in [3.63, 3.8) is 0 Å². The highest BCUT2D eigenvalue weighted by Gasteiger charge is 2.35. The molecule has 2 aromatic rings. The van der Waals surface area contributed by atoms with E-state index in [1.807, 2.05) is 6.07 Å². The van der Waals surface area contributed by atoms with Gasteiger partial charge in [-0.3, -0.25) is 19.3 Å². The van der Waals surface area contributed by atoms with Crippen molar-refractivity contribution in [2.24, 2.45) is 0 Å². The van der Waals surface area contributed by atoms with Crippen LogP contribution in [0.15, 0.2) is 30.3 Å². The summed E-state index contributed by atoms with van der Waals surface area (Å²) in [5, 5.41) is 0. The first-order valence-corrected chi connectivity index (χ1v) is 10.3. The lowest BCUT2D eigenvalue weighted by atomic mass is 9.82. The molecule has 0 unspecified atom stereocenters. The van der Waals surface area contributed by atoms with E-state index >= 15 is 0 Å². The summed E-state index contributed by atoms with van der Waals surface area (Å²) in [7, 11) is 2.98. The van der Waals surface area contributed by atoms with Gasteiger partial charge in [0.1, 0.15) is 17.6 Å². The lowest BCUT2D eigenvalue weighted by Gasteiger charge is -2.31. The van der Waals surface area contributed by atoms with Crippen LogP contribution in [0, 0.1) is 0 Å². The van der Waals surface area contributed by atoms with Gasteiger partial charge in [-0.1, -0.05) is 12.1 Å². The number of piperidine rings is 1. The van der Waals surface area contributed by atoms with Gasteiger partial charge in [-0.05, 0) is 36.6 Å². The molecule has 0 bridgehead atoms. The van der Waals surface area contributed by atoms with Crippen LogP contribution in [0.25, 0.3) is 0 Å². The van der Waals surface area contributed by atoms with Crippen LogP contribution in [0.3, 0.4) is 0 Å². The number of nitrogens with zero attached hydrogens (tertiary/aromatic N) is 1. The predicted molar refractivity (Wildman–Crippen MR) is 113 cm³/mol. The van der Waals surface area contributed by atoms with Crippen LogP contribution in [-0.4, -0.2) is 55.8 Å². The van der Waals surface area contributed by atoms with Gasteiger partial charge in [-0.15, -0.1) is 0 Å². The third-order valence-corrected chi connectivity index (χ3v) is 5.84. The number of hydrogen-bond acceptors (Lipinski definition) is 7. The normalized spacial score (nSPS) is 16.5. The molecule has 0 saturated carbocycles. The molecule has 1 heterocycles. The van der Waals surface area contributed by atoms with Crippen molar-refractivity contribution in [3.05, 3.63) is 58.1 Å². The number of benzene rings is 2. The first-order chi connectivity index (χ1) is 14.9. The highest BCUT2D eigenvalue weighted by molar-refractivity contribution is 6.30. The van der Waals surface area contributed by atoms with E-state index in [4.69, 9.17) is 14.2 Å². The van der Waals surface area contributed by atoms with Crippen LogP contribution >= 0.6 is 0 Å². The molecule has 0 N–H and O–H groups in total. The lowest BCUT2D eigenvalue weighted by Crippen LogP contribution is -2.37. The second-order valence-corrected chi connectivity index (χ2v) is 7.85. The number of ether oxygens (including phenoxy) is 3. The molecule has 7 nitrogen and oxygen atoms in total. The predicted octanol–water partition coefficient (Wildman–Crippen LogP) is 3.01. The van der Waals surface area contributed by atoms with E-state index in [1.54, 1.807) is 24.3 Å². The fourth-order valence-corrected chi connectivity index (χ4v) is 4.41. The standard InChI is InChI=1S/C24H25NO6/c1-14(26)31-16-7-9-25(10-8-16)13-15-11-18-22(20(12-15)30-3)24(28)21-17(23(18)27)5-4-6-19(21)29-2/h4-6,11-12,16H,7-10,13H2,1-3H3. The van der Waals surface area contributed by atoms with E-state index in [1.165, 1.54) is 21.1 Å². The molecule has 4 rings (SSSR count). The van der Waals surface area contributed by atoms with Crippen LogP contribution in [0.2, 0.25) is 0 Å². The second kappa shape index (κ2) is 8.51. The molecule has 1 aliphatic carbocycles. The number of fused-ring (bicyclic) bond motifs is 2. The Morgan fingerprint density at radius 2 is 1.65 bits per heavy atom. The van der Waals surface area contributed by atoms with Gasteiger partial charge in [0.25, 0.3) is 0 Å². The molecule has 0 amide bonds. The summed E-state index contributed by atoms with van der Waals surface area (Å²) >= 11 is 0. The first kappa shape index (κ1) is 21.1. The Hall–Kier alpha value is -3.19. The Balaban J connectivity index is 1.62. The number of methoxy groups -OCH3 is 2. The van der Waals surface area contributed by atoms with Gasteiger partial charge in [0.2, 0.25) is 5.78 Å². The zero-order valence-corrected chi connectivity index (χ0v) is 17.9. The lowest BCUT2D eigenvalue weighted by molar-refractivity contribution is -0.148. The minimum atomic E-state index is -0.271. The number of rotatable bonds is 5. The van der Waals surface area contributed by atoms with Crippen molar-refractivity contribution in [1.29, 1.82) is 0 Å². The van der Waals surface area contributed by atoms with Gasteiger partial charge in [-0.2, -0.15) is 0 Å². The largest absolute Gasteiger partial charge is 0.496 e. The molecule has 7 heteroatoms. The molecular weight excluding hydrogens is 398 g/mol. The Morgan fingerprint density at radius 1 is 0.968 bits per heavy atom. The third-order valence-electron chi connectivity index (χ3n) is 5.84. The average Bonchev–Trinajstić information content (AvgIpc) is 2.77. The van der Waals surface area contributed by atoms with Crippen LogP contribution in [0.4, 0.5) is 0 Å². The van der Waals surface area contributed by atoms with Crippen molar-refractivity contribution in [2.45, 2.75) is 32.4 Å². The number of esters is 1. The number of ketones is 2. The Labute approximate surface area is 180 Å². The summed E-state index contributed by atoms with van der Waals surface area (Å²) in [5.41, 5.74) is 2.16. The van der Waals surface area contributed by atoms with Crippen molar-refractivity contribution in [1.82, 2.24) is 4.90 Å². The van der Waals surface area contributed by atoms with Crippen molar-refractivity contribution in [2.75, 3.05) is 27.3 Å². The summed E-state index contributed by atoms with van der Waals surface area (Å²) in [6, 6.07) is 8.65. The molecule has 0 radical (unpaired) electrons. The van der Waals surface area contributed by atoms with Gasteiger partial charge in [0, 0.05) is 37.7 Å². The molecule has 1 fully saturated rings. The topological polar surface area (TPSA) is 82.1 Å². The fourth-order valence-electron chi connectivity index (χ4n) is 4.41. The fraction of sp³-hybridized carbons (Fsp3) is 0.375. The minimum absolute atomic E-state index is 0.0440. The summed E-state index contributed by atoms with van der Waals surface area (Å²) in [4.78, 5) is 39.9. The number of likely N-dealkylation sites (tertiary alicyclic amines) is 1. The van der Waals surface area contributed by atoms with Gasteiger partial charge in [0.05, 0.1) is 25.3 Å². The molecule has 1 aliphatic heterocycles. The molecule has 0 aromatic heterocycles. The monoisotopic (exact) mass is 423 g/mol. The molecule has 2 aliphatic rings. The van der Waals surface area contributed by atoms with Crippen LogP contribution in [0.5, 0.6) is 11.5 Å². The highest BCUT2D eigenvalue weighted by atomic mass is 16.5. The van der Waals surface area contributed by atoms with Gasteiger partial charge in [-0.25, -0.2) is 0 Å². The maximum absolute atomic E-state index is 13.3. The average molecular weight is 423 g/mol. The van der Waals surface area contributed by atoms with E-state index in [9.17, 15) is 14.4 Å². The number of carbonyl (C=O) groups is 3. The summed E-state index contributed by atoms with van der Waals surface area (Å²) in [6.07, 6.45) is 1.50. The molecule has 0 spiro atoms. The maximum atomic E-state index is 13.3. The Kier molecular flexibility index (Phi) is 5.78. The van der Waals surface area contributed by atoms with Crippen LogP contribution in [0.1, 0.15) is 57.2 Å². The van der Waals surface area contributed by atoms with Crippen LogP contribution in [-0.2, 0) is 16.1 Å². The summed E-state index contributed by atoms with van der Waals surface area (Å²) < 4.78 is 16.1. The zero-order valence-electron chi connectivity index (χ0n) is 17.9. The van der Waals surface area contributed by atoms with Crippen LogP contribution < -0.4 is 9.47 Å². The first-order valence-electron chi connectivity index (χ1n) is 10.3. The third kappa shape index (κ3) is 3.93. The highest BCUT2D eigenvalue weighted by Crippen LogP contribution is 2.38. The number of carbonyl (C=O) groups excluding carboxylic acids is 3. The molecule has 2 aromatic carbocycles. The van der Waals surface area contributed by atoms with Crippen molar-refractivity contribution >= 4 is 17.5 Å². The van der Waals surface area contributed by atoms with E-state index in [0.29, 0.717) is 29.2 Å². The molecule has 1 saturated heterocycles. The van der Waals surface area contributed by atoms with Gasteiger partial charge >= 0.3 is 5.97 Å².